The lowest BCUT2D eigenvalue weighted by atomic mass is 9.86. The molecule has 5 nitrogen and oxygen atoms in total. The van der Waals surface area contributed by atoms with Crippen LogP contribution < -0.4 is 5.32 Å². The van der Waals surface area contributed by atoms with Crippen molar-refractivity contribution >= 4 is 18.0 Å². The molecule has 1 atom stereocenters. The Morgan fingerprint density at radius 2 is 2.00 bits per heavy atom. The number of benzene rings is 1. The van der Waals surface area contributed by atoms with Crippen LogP contribution in [0.5, 0.6) is 0 Å². The molecule has 0 aromatic heterocycles. The highest BCUT2D eigenvalue weighted by molar-refractivity contribution is 5.85. The fraction of sp³-hybridized carbons (Fsp3) is 0.312. The van der Waals surface area contributed by atoms with Gasteiger partial charge in [-0.1, -0.05) is 37.6 Å². The van der Waals surface area contributed by atoms with Crippen molar-refractivity contribution in [2.24, 2.45) is 0 Å². The third-order valence-electron chi connectivity index (χ3n) is 3.03. The van der Waals surface area contributed by atoms with E-state index in [1.807, 2.05) is 6.92 Å². The van der Waals surface area contributed by atoms with Crippen molar-refractivity contribution in [3.05, 3.63) is 41.5 Å². The number of hydrogen-bond acceptors (Lipinski definition) is 3. The predicted octanol–water partition coefficient (Wildman–Crippen LogP) is 2.44. The van der Waals surface area contributed by atoms with E-state index in [9.17, 15) is 14.9 Å². The fourth-order valence-electron chi connectivity index (χ4n) is 2.15. The van der Waals surface area contributed by atoms with E-state index in [1.54, 1.807) is 24.3 Å². The Bertz CT molecular complexity index is 585. The minimum Gasteiger partial charge on any atom is -0.478 e. The van der Waals surface area contributed by atoms with E-state index >= 15 is 0 Å². The van der Waals surface area contributed by atoms with Gasteiger partial charge in [0, 0.05) is 13.0 Å². The molecule has 0 bridgehead atoms. The largest absolute Gasteiger partial charge is 0.478 e. The summed E-state index contributed by atoms with van der Waals surface area (Å²) >= 11 is 0. The van der Waals surface area contributed by atoms with Crippen LogP contribution in [0.15, 0.2) is 30.3 Å². The Morgan fingerprint density at radius 3 is 2.43 bits per heavy atom. The van der Waals surface area contributed by atoms with Crippen molar-refractivity contribution < 1.29 is 14.7 Å². The van der Waals surface area contributed by atoms with Gasteiger partial charge in [0.05, 0.1) is 6.07 Å². The van der Waals surface area contributed by atoms with E-state index in [0.29, 0.717) is 17.5 Å². The molecule has 1 aromatic rings. The zero-order valence-electron chi connectivity index (χ0n) is 12.1. The molecule has 0 aliphatic rings. The fourth-order valence-corrected chi connectivity index (χ4v) is 2.15. The van der Waals surface area contributed by atoms with Crippen LogP contribution in [-0.4, -0.2) is 17.0 Å². The van der Waals surface area contributed by atoms with Gasteiger partial charge in [-0.2, -0.15) is 5.26 Å². The van der Waals surface area contributed by atoms with Crippen LogP contribution in [0.4, 0.5) is 0 Å². The van der Waals surface area contributed by atoms with Gasteiger partial charge < -0.3 is 10.4 Å². The number of nitrogens with zero attached hydrogens (tertiary/aromatic N) is 1. The van der Waals surface area contributed by atoms with Crippen molar-refractivity contribution in [2.75, 3.05) is 0 Å². The van der Waals surface area contributed by atoms with E-state index in [2.05, 4.69) is 11.4 Å². The minimum atomic E-state index is -1.05. The third kappa shape index (κ3) is 4.46. The predicted molar refractivity (Wildman–Crippen MR) is 79.1 cm³/mol. The van der Waals surface area contributed by atoms with Crippen LogP contribution >= 0.6 is 0 Å². The summed E-state index contributed by atoms with van der Waals surface area (Å²) in [5, 5.41) is 20.8. The molecular formula is C16H18N2O3. The second kappa shape index (κ2) is 7.25. The molecule has 0 radical (unpaired) electrons. The summed E-state index contributed by atoms with van der Waals surface area (Å²) in [6, 6.07) is 9.10. The number of amides is 1. The molecule has 1 rings (SSSR count). The van der Waals surface area contributed by atoms with Crippen LogP contribution in [0.3, 0.4) is 0 Å². The lowest BCUT2D eigenvalue weighted by Gasteiger charge is -2.27. The Morgan fingerprint density at radius 1 is 1.38 bits per heavy atom. The van der Waals surface area contributed by atoms with Gasteiger partial charge in [-0.15, -0.1) is 0 Å². The van der Waals surface area contributed by atoms with Crippen molar-refractivity contribution in [3.63, 3.8) is 0 Å². The second-order valence-electron chi connectivity index (χ2n) is 4.74. The standard InChI is InChI=1S/C16H18N2O3/c1-3-10-16(11-17,18-12(2)19)14-7-4-13(5-8-14)6-9-15(20)21/h4-9H,3,10H2,1-2H3,(H,18,19)(H,20,21). The first-order valence-corrected chi connectivity index (χ1v) is 6.65. The molecule has 21 heavy (non-hydrogen) atoms. The van der Waals surface area contributed by atoms with E-state index in [-0.39, 0.29) is 5.91 Å². The number of nitriles is 1. The zero-order chi connectivity index (χ0) is 15.9. The topological polar surface area (TPSA) is 90.2 Å². The number of rotatable bonds is 6. The summed E-state index contributed by atoms with van der Waals surface area (Å²) in [7, 11) is 0. The number of carbonyl (C=O) groups excluding carboxylic acids is 1. The molecule has 110 valence electrons. The summed E-state index contributed by atoms with van der Waals surface area (Å²) in [5.74, 6) is -1.28. The first kappa shape index (κ1) is 16.4. The summed E-state index contributed by atoms with van der Waals surface area (Å²) in [6.07, 6.45) is 3.77. The molecule has 0 fully saturated rings. The van der Waals surface area contributed by atoms with Gasteiger partial charge in [0.2, 0.25) is 5.91 Å². The van der Waals surface area contributed by atoms with Gasteiger partial charge in [-0.25, -0.2) is 4.79 Å². The van der Waals surface area contributed by atoms with E-state index < -0.39 is 11.5 Å². The number of carboxylic acids is 1. The molecule has 2 N–H and O–H groups in total. The molecule has 1 amide bonds. The molecule has 0 heterocycles. The van der Waals surface area contributed by atoms with Crippen LogP contribution in [0.1, 0.15) is 37.8 Å². The first-order valence-electron chi connectivity index (χ1n) is 6.65. The van der Waals surface area contributed by atoms with Crippen LogP contribution in [0.2, 0.25) is 0 Å². The average Bonchev–Trinajstić information content (AvgIpc) is 2.44. The van der Waals surface area contributed by atoms with Crippen LogP contribution in [-0.2, 0) is 15.1 Å². The first-order chi connectivity index (χ1) is 9.93. The van der Waals surface area contributed by atoms with Gasteiger partial charge in [-0.3, -0.25) is 4.79 Å². The Kier molecular flexibility index (Phi) is 5.67. The maximum Gasteiger partial charge on any atom is 0.328 e. The lowest BCUT2D eigenvalue weighted by molar-refractivity contribution is -0.131. The zero-order valence-corrected chi connectivity index (χ0v) is 12.1. The highest BCUT2D eigenvalue weighted by Crippen LogP contribution is 2.26. The van der Waals surface area contributed by atoms with Crippen molar-refractivity contribution in [1.82, 2.24) is 5.32 Å². The molecular weight excluding hydrogens is 268 g/mol. The minimum absolute atomic E-state index is 0.264. The van der Waals surface area contributed by atoms with E-state index in [0.717, 1.165) is 12.5 Å². The highest BCUT2D eigenvalue weighted by atomic mass is 16.4. The number of hydrogen-bond donors (Lipinski definition) is 2. The van der Waals surface area contributed by atoms with Crippen molar-refractivity contribution in [2.45, 2.75) is 32.2 Å². The Hall–Kier alpha value is -2.61. The number of nitrogens with one attached hydrogen (secondary N) is 1. The Balaban J connectivity index is 3.12. The number of aliphatic carboxylic acids is 1. The van der Waals surface area contributed by atoms with E-state index in [1.165, 1.54) is 13.0 Å². The molecule has 0 saturated heterocycles. The summed E-state index contributed by atoms with van der Waals surface area (Å²) in [5.41, 5.74) is 0.358. The van der Waals surface area contributed by atoms with Crippen molar-refractivity contribution in [3.8, 4) is 6.07 Å². The second-order valence-corrected chi connectivity index (χ2v) is 4.74. The molecule has 0 spiro atoms. The van der Waals surface area contributed by atoms with Gasteiger partial charge >= 0.3 is 5.97 Å². The van der Waals surface area contributed by atoms with Crippen LogP contribution in [0, 0.1) is 11.3 Å². The number of carbonyl (C=O) groups is 2. The molecule has 5 heteroatoms. The van der Waals surface area contributed by atoms with E-state index in [4.69, 9.17) is 5.11 Å². The molecule has 0 saturated carbocycles. The average molecular weight is 286 g/mol. The van der Waals surface area contributed by atoms with Gasteiger partial charge in [0.25, 0.3) is 0 Å². The van der Waals surface area contributed by atoms with Crippen molar-refractivity contribution in [1.29, 1.82) is 5.26 Å². The molecule has 0 aliphatic carbocycles. The monoisotopic (exact) mass is 286 g/mol. The normalized spacial score (nSPS) is 13.4. The van der Waals surface area contributed by atoms with Gasteiger partial charge in [0.15, 0.2) is 5.54 Å². The smallest absolute Gasteiger partial charge is 0.328 e. The lowest BCUT2D eigenvalue weighted by Crippen LogP contribution is -2.43. The van der Waals surface area contributed by atoms with Gasteiger partial charge in [0.1, 0.15) is 0 Å². The summed E-state index contributed by atoms with van der Waals surface area (Å²) in [4.78, 5) is 21.8. The molecule has 1 unspecified atom stereocenters. The van der Waals surface area contributed by atoms with Gasteiger partial charge in [-0.05, 0) is 23.6 Å². The van der Waals surface area contributed by atoms with Crippen LogP contribution in [0.25, 0.3) is 6.08 Å². The summed E-state index contributed by atoms with van der Waals surface area (Å²) < 4.78 is 0. The maximum atomic E-state index is 11.4. The third-order valence-corrected chi connectivity index (χ3v) is 3.03. The SMILES string of the molecule is CCCC(C#N)(NC(C)=O)c1ccc(C=CC(=O)O)cc1. The quantitative estimate of drug-likeness (QED) is 0.786. The molecule has 1 aromatic carbocycles. The molecule has 0 aliphatic heterocycles. The Labute approximate surface area is 123 Å². The summed E-state index contributed by atoms with van der Waals surface area (Å²) in [6.45, 7) is 3.32. The maximum absolute atomic E-state index is 11.4. The number of carboxylic acid groups (broad SMARTS) is 1. The highest BCUT2D eigenvalue weighted by Gasteiger charge is 2.32.